The second kappa shape index (κ2) is 11.3. The maximum absolute atomic E-state index is 13.6. The molecule has 0 aliphatic carbocycles. The van der Waals surface area contributed by atoms with E-state index >= 15 is 0 Å². The Morgan fingerprint density at radius 3 is 2.70 bits per heavy atom. The first-order chi connectivity index (χ1) is 19.0. The highest BCUT2D eigenvalue weighted by atomic mass is 16.5. The Labute approximate surface area is 235 Å². The summed E-state index contributed by atoms with van der Waals surface area (Å²) < 4.78 is 16.9. The number of nitrogens with zero attached hydrogens (tertiary/aromatic N) is 2. The number of guanidine groups is 1. The lowest BCUT2D eigenvalue weighted by molar-refractivity contribution is -0.132. The summed E-state index contributed by atoms with van der Waals surface area (Å²) in [6.07, 6.45) is 9.55. The number of hydrogen-bond donors (Lipinski definition) is 3. The Hall–Kier alpha value is -3.97. The Morgan fingerprint density at radius 1 is 1.38 bits per heavy atom. The molecule has 10 heteroatoms. The van der Waals surface area contributed by atoms with Crippen LogP contribution in [0.4, 0.5) is 0 Å². The number of nitrogens with one attached hydrogen (secondary N) is 1. The summed E-state index contributed by atoms with van der Waals surface area (Å²) >= 11 is 0. The molecule has 3 heterocycles. The molecular weight excluding hydrogens is 512 g/mol. The molecular formula is C30H38N4O6. The number of benzene rings is 1. The minimum Gasteiger partial charge on any atom is -0.497 e. The first-order valence-electron chi connectivity index (χ1n) is 13.6. The second-order valence-electron chi connectivity index (χ2n) is 10.5. The molecule has 40 heavy (non-hydrogen) atoms. The van der Waals surface area contributed by atoms with Crippen LogP contribution in [0.25, 0.3) is 0 Å². The van der Waals surface area contributed by atoms with Gasteiger partial charge in [-0.1, -0.05) is 13.8 Å². The summed E-state index contributed by atoms with van der Waals surface area (Å²) in [6, 6.07) is 3.69. The standard InChI is InChI=1S/C30H38N4O6/c1-7-21(38-6)25-22(8-2)40-17-29(5,37)26(25)32-27(36)18-11-12-23-19(15-18)20(13-14-39-23)34-24(35)16-30(9-3,10-4)33-28(34)31/h2,7,11-12,15,20,26,37H,9-10,13-14,16-17H2,1,3-6H3,(H2,31,33)(H,32,36)/b21-7+/t20-,26?,29?/m1/s1. The minimum absolute atomic E-state index is 0.0998. The van der Waals surface area contributed by atoms with Crippen molar-refractivity contribution in [1.82, 2.24) is 10.2 Å². The molecule has 1 aromatic carbocycles. The molecule has 4 N–H and O–H groups in total. The average molecular weight is 551 g/mol. The number of methoxy groups -OCH3 is 1. The molecule has 1 aromatic rings. The number of hydrogen-bond acceptors (Lipinski definition) is 8. The predicted octanol–water partition coefficient (Wildman–Crippen LogP) is 2.93. The summed E-state index contributed by atoms with van der Waals surface area (Å²) in [7, 11) is 1.48. The average Bonchev–Trinajstić information content (AvgIpc) is 2.94. The highest BCUT2D eigenvalue weighted by molar-refractivity contribution is 6.00. The number of carbonyl (C=O) groups excluding carboxylic acids is 2. The molecule has 0 spiro atoms. The van der Waals surface area contributed by atoms with E-state index in [-0.39, 0.29) is 30.7 Å². The van der Waals surface area contributed by atoms with Crippen LogP contribution in [-0.4, -0.2) is 65.3 Å². The van der Waals surface area contributed by atoms with Crippen molar-refractivity contribution in [1.29, 1.82) is 0 Å². The van der Waals surface area contributed by atoms with Crippen molar-refractivity contribution in [2.45, 2.75) is 76.6 Å². The summed E-state index contributed by atoms with van der Waals surface area (Å²) in [5.41, 5.74) is 5.76. The van der Waals surface area contributed by atoms with Gasteiger partial charge in [0.05, 0.1) is 43.3 Å². The van der Waals surface area contributed by atoms with Gasteiger partial charge in [0.25, 0.3) is 5.91 Å². The fraction of sp³-hybridized carbons (Fsp3) is 0.500. The van der Waals surface area contributed by atoms with Crippen LogP contribution in [0.3, 0.4) is 0 Å². The van der Waals surface area contributed by atoms with Crippen LogP contribution in [0.15, 0.2) is 46.4 Å². The smallest absolute Gasteiger partial charge is 0.251 e. The first kappa shape index (κ1) is 29.0. The normalized spacial score (nSPS) is 26.1. The minimum atomic E-state index is -1.48. The molecule has 0 aromatic heterocycles. The zero-order chi connectivity index (χ0) is 29.2. The predicted molar refractivity (Wildman–Crippen MR) is 150 cm³/mol. The Balaban J connectivity index is 1.69. The van der Waals surface area contributed by atoms with E-state index in [0.717, 1.165) is 0 Å². The fourth-order valence-electron chi connectivity index (χ4n) is 5.63. The second-order valence-corrected chi connectivity index (χ2v) is 10.5. The molecule has 3 atom stereocenters. The summed E-state index contributed by atoms with van der Waals surface area (Å²) in [5.74, 6) is 3.24. The molecule has 3 aliphatic heterocycles. The van der Waals surface area contributed by atoms with Gasteiger partial charge in [-0.25, -0.2) is 4.99 Å². The van der Waals surface area contributed by atoms with Crippen molar-refractivity contribution in [3.05, 3.63) is 52.5 Å². The quantitative estimate of drug-likeness (QED) is 0.351. The number of fused-ring (bicyclic) bond motifs is 1. The van der Waals surface area contributed by atoms with Crippen molar-refractivity contribution >= 4 is 17.8 Å². The summed E-state index contributed by atoms with van der Waals surface area (Å²) in [5, 5.41) is 14.1. The van der Waals surface area contributed by atoms with Gasteiger partial charge in [-0.15, -0.1) is 6.42 Å². The fourth-order valence-corrected chi connectivity index (χ4v) is 5.63. The van der Waals surface area contributed by atoms with Crippen LogP contribution in [0.2, 0.25) is 0 Å². The van der Waals surface area contributed by atoms with Crippen LogP contribution in [-0.2, 0) is 14.3 Å². The van der Waals surface area contributed by atoms with Crippen LogP contribution in [0.1, 0.15) is 75.3 Å². The third kappa shape index (κ3) is 5.13. The molecule has 3 aliphatic rings. The maximum atomic E-state index is 13.6. The van der Waals surface area contributed by atoms with Crippen LogP contribution in [0.5, 0.6) is 5.75 Å². The van der Waals surface area contributed by atoms with Gasteiger partial charge in [0.1, 0.15) is 23.7 Å². The molecule has 10 nitrogen and oxygen atoms in total. The molecule has 0 fully saturated rings. The third-order valence-electron chi connectivity index (χ3n) is 8.07. The van der Waals surface area contributed by atoms with Gasteiger partial charge in [-0.3, -0.25) is 14.5 Å². The lowest BCUT2D eigenvalue weighted by atomic mass is 9.85. The molecule has 2 amide bonds. The molecule has 0 bridgehead atoms. The van der Waals surface area contributed by atoms with E-state index < -0.39 is 29.1 Å². The van der Waals surface area contributed by atoms with E-state index in [1.165, 1.54) is 12.0 Å². The van der Waals surface area contributed by atoms with Crippen molar-refractivity contribution in [3.8, 4) is 18.1 Å². The lowest BCUT2D eigenvalue weighted by Crippen LogP contribution is -2.57. The summed E-state index contributed by atoms with van der Waals surface area (Å²) in [6.45, 7) is 7.60. The van der Waals surface area contributed by atoms with Crippen LogP contribution >= 0.6 is 0 Å². The number of carbonyl (C=O) groups is 2. The number of allylic oxidation sites excluding steroid dienone is 2. The van der Waals surface area contributed by atoms with Gasteiger partial charge in [0.15, 0.2) is 11.7 Å². The molecule has 2 unspecified atom stereocenters. The SMILES string of the molecule is C#CC1=C(/C(=C\C)OC)C(NC(=O)c2ccc3c(c2)[C@H](N2C(=O)CC(CC)(CC)N=C2N)CCO3)C(C)(O)CO1. The number of nitrogens with two attached hydrogens (primary N) is 1. The van der Waals surface area contributed by atoms with E-state index in [1.54, 1.807) is 38.1 Å². The number of amides is 2. The van der Waals surface area contributed by atoms with Gasteiger partial charge in [-0.05, 0) is 56.9 Å². The van der Waals surface area contributed by atoms with E-state index in [4.69, 9.17) is 31.4 Å². The topological polar surface area (TPSA) is 136 Å². The van der Waals surface area contributed by atoms with E-state index in [2.05, 4.69) is 11.2 Å². The van der Waals surface area contributed by atoms with Gasteiger partial charge in [-0.2, -0.15) is 0 Å². The summed E-state index contributed by atoms with van der Waals surface area (Å²) in [4.78, 5) is 33.3. The van der Waals surface area contributed by atoms with Crippen LogP contribution < -0.4 is 15.8 Å². The lowest BCUT2D eigenvalue weighted by Gasteiger charge is -2.41. The zero-order valence-corrected chi connectivity index (χ0v) is 23.7. The van der Waals surface area contributed by atoms with E-state index in [1.807, 2.05) is 13.8 Å². The highest BCUT2D eigenvalue weighted by Crippen LogP contribution is 2.40. The van der Waals surface area contributed by atoms with Gasteiger partial charge >= 0.3 is 0 Å². The molecule has 4 rings (SSSR count). The van der Waals surface area contributed by atoms with Gasteiger partial charge < -0.3 is 30.4 Å². The molecule has 0 saturated heterocycles. The van der Waals surface area contributed by atoms with Crippen molar-refractivity contribution in [2.75, 3.05) is 20.3 Å². The van der Waals surface area contributed by atoms with Crippen molar-refractivity contribution in [3.63, 3.8) is 0 Å². The number of aliphatic hydroxyl groups is 1. The van der Waals surface area contributed by atoms with Crippen molar-refractivity contribution in [2.24, 2.45) is 10.7 Å². The number of ether oxygens (including phenoxy) is 3. The Kier molecular flexibility index (Phi) is 8.17. The Morgan fingerprint density at radius 2 is 2.10 bits per heavy atom. The molecule has 214 valence electrons. The Bertz CT molecular complexity index is 1320. The number of aliphatic imine (C=N–C) groups is 1. The van der Waals surface area contributed by atoms with Gasteiger partial charge in [0, 0.05) is 17.5 Å². The van der Waals surface area contributed by atoms with Crippen LogP contribution in [0, 0.1) is 12.3 Å². The maximum Gasteiger partial charge on any atom is 0.251 e. The number of rotatable bonds is 7. The monoisotopic (exact) mass is 550 g/mol. The number of terminal acetylenes is 1. The first-order valence-corrected chi connectivity index (χ1v) is 13.6. The van der Waals surface area contributed by atoms with Gasteiger partial charge in [0.2, 0.25) is 5.91 Å². The zero-order valence-electron chi connectivity index (χ0n) is 23.7. The third-order valence-corrected chi connectivity index (χ3v) is 8.07. The molecule has 0 saturated carbocycles. The van der Waals surface area contributed by atoms with E-state index in [0.29, 0.717) is 54.1 Å². The largest absolute Gasteiger partial charge is 0.497 e. The van der Waals surface area contributed by atoms with E-state index in [9.17, 15) is 14.7 Å². The highest BCUT2D eigenvalue weighted by Gasteiger charge is 2.45. The van der Waals surface area contributed by atoms with Crippen molar-refractivity contribution < 1.29 is 28.9 Å². The molecule has 0 radical (unpaired) electrons.